The summed E-state index contributed by atoms with van der Waals surface area (Å²) in [5, 5.41) is 10.6. The van der Waals surface area contributed by atoms with Gasteiger partial charge >= 0.3 is 0 Å². The Hall–Kier alpha value is -2.69. The van der Waals surface area contributed by atoms with Gasteiger partial charge in [0, 0.05) is 5.69 Å². The van der Waals surface area contributed by atoms with Crippen molar-refractivity contribution in [2.45, 2.75) is 18.4 Å². The minimum absolute atomic E-state index is 0.0730. The molecule has 27 heavy (non-hydrogen) atoms. The third-order valence-electron chi connectivity index (χ3n) is 3.51. The van der Waals surface area contributed by atoms with Crippen LogP contribution in [0.4, 0.5) is 10.1 Å². The second-order valence-corrected chi connectivity index (χ2v) is 8.43. The van der Waals surface area contributed by atoms with Crippen LogP contribution in [-0.2, 0) is 16.6 Å². The van der Waals surface area contributed by atoms with E-state index in [2.05, 4.69) is 20.2 Å². The molecule has 0 fully saturated rings. The molecular weight excluding hydrogens is 391 g/mol. The number of carbonyl (C=O) groups is 1. The lowest BCUT2D eigenvalue weighted by atomic mass is 10.2. The summed E-state index contributed by atoms with van der Waals surface area (Å²) >= 11 is 0.966. The number of halogens is 1. The number of aromatic nitrogens is 2. The fourth-order valence-corrected chi connectivity index (χ4v) is 3.85. The summed E-state index contributed by atoms with van der Waals surface area (Å²) in [4.78, 5) is 12.3. The van der Waals surface area contributed by atoms with Crippen molar-refractivity contribution in [2.75, 3.05) is 5.32 Å². The fraction of sp³-hybridized carbons (Fsp3) is 0.118. The highest BCUT2D eigenvalue weighted by atomic mass is 32.2. The third-order valence-corrected chi connectivity index (χ3v) is 5.85. The van der Waals surface area contributed by atoms with Gasteiger partial charge in [-0.25, -0.2) is 17.5 Å². The van der Waals surface area contributed by atoms with Crippen LogP contribution in [0.3, 0.4) is 0 Å². The Morgan fingerprint density at radius 1 is 1.07 bits per heavy atom. The number of carbonyl (C=O) groups excluding carboxylic acids is 1. The van der Waals surface area contributed by atoms with Crippen LogP contribution in [0.15, 0.2) is 53.4 Å². The van der Waals surface area contributed by atoms with E-state index in [0.717, 1.165) is 16.9 Å². The summed E-state index contributed by atoms with van der Waals surface area (Å²) in [7, 11) is -3.69. The van der Waals surface area contributed by atoms with Gasteiger partial charge < -0.3 is 5.32 Å². The number of sulfonamides is 1. The van der Waals surface area contributed by atoms with E-state index in [0.29, 0.717) is 10.7 Å². The Kier molecular flexibility index (Phi) is 5.59. The van der Waals surface area contributed by atoms with E-state index < -0.39 is 21.7 Å². The number of benzene rings is 2. The first-order valence-electron chi connectivity index (χ1n) is 7.79. The molecule has 0 atom stereocenters. The number of hydrogen-bond acceptors (Lipinski definition) is 6. The van der Waals surface area contributed by atoms with E-state index in [1.54, 1.807) is 12.1 Å². The second kappa shape index (κ2) is 7.91. The first kappa shape index (κ1) is 19.1. The van der Waals surface area contributed by atoms with Crippen LogP contribution in [0.5, 0.6) is 0 Å². The number of nitrogens with zero attached hydrogens (tertiary/aromatic N) is 2. The highest BCUT2D eigenvalue weighted by molar-refractivity contribution is 7.89. The largest absolute Gasteiger partial charge is 0.320 e. The van der Waals surface area contributed by atoms with Crippen molar-refractivity contribution in [1.29, 1.82) is 0 Å². The molecule has 140 valence electrons. The van der Waals surface area contributed by atoms with Gasteiger partial charge in [-0.3, -0.25) is 4.79 Å². The van der Waals surface area contributed by atoms with Crippen LogP contribution in [0.1, 0.15) is 20.4 Å². The molecule has 0 spiro atoms. The summed E-state index contributed by atoms with van der Waals surface area (Å²) in [6.45, 7) is 1.78. The topological polar surface area (TPSA) is 101 Å². The molecule has 0 saturated heterocycles. The smallest absolute Gasteiger partial charge is 0.286 e. The van der Waals surface area contributed by atoms with E-state index in [9.17, 15) is 17.6 Å². The van der Waals surface area contributed by atoms with Gasteiger partial charge in [0.2, 0.25) is 15.0 Å². The average molecular weight is 406 g/mol. The standard InChI is InChI=1S/C17H15FN4O3S2/c1-11-2-8-14(9-3-11)27(24,25)19-10-15-21-22-17(26-15)16(23)20-13-6-4-12(18)5-7-13/h2-9,19H,10H2,1H3,(H,20,23). The van der Waals surface area contributed by atoms with Gasteiger partial charge in [0.1, 0.15) is 10.8 Å². The first-order valence-corrected chi connectivity index (χ1v) is 10.1. The maximum atomic E-state index is 12.9. The van der Waals surface area contributed by atoms with Gasteiger partial charge in [0.05, 0.1) is 11.4 Å². The van der Waals surface area contributed by atoms with Gasteiger partial charge in [-0.2, -0.15) is 0 Å². The van der Waals surface area contributed by atoms with Gasteiger partial charge in [-0.15, -0.1) is 10.2 Å². The molecule has 0 aliphatic carbocycles. The molecule has 0 bridgehead atoms. The molecule has 3 rings (SSSR count). The number of rotatable bonds is 6. The summed E-state index contributed by atoms with van der Waals surface area (Å²) in [6, 6.07) is 11.7. The average Bonchev–Trinajstić information content (AvgIpc) is 3.12. The minimum Gasteiger partial charge on any atom is -0.320 e. The zero-order valence-corrected chi connectivity index (χ0v) is 15.8. The van der Waals surface area contributed by atoms with Crippen molar-refractivity contribution in [2.24, 2.45) is 0 Å². The Balaban J connectivity index is 1.62. The maximum absolute atomic E-state index is 12.9. The number of amides is 1. The number of anilines is 1. The number of hydrogen-bond donors (Lipinski definition) is 2. The van der Waals surface area contributed by atoms with Crippen molar-refractivity contribution in [1.82, 2.24) is 14.9 Å². The van der Waals surface area contributed by atoms with Crippen molar-refractivity contribution < 1.29 is 17.6 Å². The number of aryl methyl sites for hydroxylation is 1. The third kappa shape index (κ3) is 4.94. The molecule has 1 amide bonds. The van der Waals surface area contributed by atoms with Gasteiger partial charge in [-0.05, 0) is 43.3 Å². The molecule has 0 aliphatic heterocycles. The van der Waals surface area contributed by atoms with Gasteiger partial charge in [-0.1, -0.05) is 29.0 Å². The molecule has 1 aromatic heterocycles. The molecule has 2 N–H and O–H groups in total. The predicted octanol–water partition coefficient (Wildman–Crippen LogP) is 2.72. The lowest BCUT2D eigenvalue weighted by Crippen LogP contribution is -2.23. The molecule has 10 heteroatoms. The molecule has 1 heterocycles. The van der Waals surface area contributed by atoms with Crippen molar-refractivity contribution >= 4 is 33.0 Å². The summed E-state index contributed by atoms with van der Waals surface area (Å²) in [6.07, 6.45) is 0. The normalized spacial score (nSPS) is 11.3. The first-order chi connectivity index (χ1) is 12.8. The Bertz CT molecular complexity index is 1050. The van der Waals surface area contributed by atoms with E-state index in [4.69, 9.17) is 0 Å². The Morgan fingerprint density at radius 3 is 2.41 bits per heavy atom. The zero-order valence-electron chi connectivity index (χ0n) is 14.1. The zero-order chi connectivity index (χ0) is 19.4. The van der Waals surface area contributed by atoms with Crippen LogP contribution in [-0.4, -0.2) is 24.5 Å². The summed E-state index contributed by atoms with van der Waals surface area (Å²) in [5.74, 6) is -0.918. The maximum Gasteiger partial charge on any atom is 0.286 e. The van der Waals surface area contributed by atoms with Gasteiger partial charge in [0.15, 0.2) is 0 Å². The molecule has 3 aromatic rings. The Labute approximate surface area is 159 Å². The fourth-order valence-electron chi connectivity index (χ4n) is 2.09. The SMILES string of the molecule is Cc1ccc(S(=O)(=O)NCc2nnc(C(=O)Nc3ccc(F)cc3)s2)cc1. The van der Waals surface area contributed by atoms with Crippen LogP contribution >= 0.6 is 11.3 Å². The van der Waals surface area contributed by atoms with E-state index >= 15 is 0 Å². The monoisotopic (exact) mass is 406 g/mol. The quantitative estimate of drug-likeness (QED) is 0.655. The Morgan fingerprint density at radius 2 is 1.74 bits per heavy atom. The van der Waals surface area contributed by atoms with Crippen LogP contribution in [0.2, 0.25) is 0 Å². The predicted molar refractivity (Wildman–Crippen MR) is 99.5 cm³/mol. The highest BCUT2D eigenvalue weighted by Crippen LogP contribution is 2.15. The second-order valence-electron chi connectivity index (χ2n) is 5.60. The molecular formula is C17H15FN4O3S2. The van der Waals surface area contributed by atoms with E-state index in [1.807, 2.05) is 6.92 Å². The minimum atomic E-state index is -3.69. The molecule has 0 radical (unpaired) electrons. The van der Waals surface area contributed by atoms with Crippen molar-refractivity contribution in [3.8, 4) is 0 Å². The summed E-state index contributed by atoms with van der Waals surface area (Å²) in [5.41, 5.74) is 1.37. The molecule has 2 aromatic carbocycles. The van der Waals surface area contributed by atoms with Crippen LogP contribution < -0.4 is 10.0 Å². The van der Waals surface area contributed by atoms with Crippen LogP contribution in [0, 0.1) is 12.7 Å². The van der Waals surface area contributed by atoms with E-state index in [-0.39, 0.29) is 16.4 Å². The van der Waals surface area contributed by atoms with Crippen LogP contribution in [0.25, 0.3) is 0 Å². The summed E-state index contributed by atoms with van der Waals surface area (Å²) < 4.78 is 39.8. The number of nitrogens with one attached hydrogen (secondary N) is 2. The lowest BCUT2D eigenvalue weighted by molar-refractivity contribution is 0.102. The molecule has 0 aliphatic rings. The van der Waals surface area contributed by atoms with Gasteiger partial charge in [0.25, 0.3) is 5.91 Å². The van der Waals surface area contributed by atoms with Crippen molar-refractivity contribution in [3.63, 3.8) is 0 Å². The van der Waals surface area contributed by atoms with E-state index in [1.165, 1.54) is 36.4 Å². The molecule has 7 nitrogen and oxygen atoms in total. The highest BCUT2D eigenvalue weighted by Gasteiger charge is 2.17. The molecule has 0 saturated carbocycles. The lowest BCUT2D eigenvalue weighted by Gasteiger charge is -2.05. The van der Waals surface area contributed by atoms with Crippen molar-refractivity contribution in [3.05, 3.63) is 69.9 Å². The molecule has 0 unspecified atom stereocenters.